The molecule has 0 bridgehead atoms. The highest BCUT2D eigenvalue weighted by Crippen LogP contribution is 2.05. The quantitative estimate of drug-likeness (QED) is 0.680. The molecule has 1 aromatic heterocycles. The van der Waals surface area contributed by atoms with Gasteiger partial charge in [-0.1, -0.05) is 24.3 Å². The fourth-order valence-electron chi connectivity index (χ4n) is 1.36. The molecule has 1 heterocycles. The second kappa shape index (κ2) is 5.53. The number of aromatic nitrogens is 2. The molecule has 2 rings (SSSR count). The van der Waals surface area contributed by atoms with Crippen LogP contribution >= 0.6 is 0 Å². The molecule has 1 aromatic carbocycles. The molecule has 0 unspecified atom stereocenters. The minimum atomic E-state index is 0. The summed E-state index contributed by atoms with van der Waals surface area (Å²) in [5.41, 5.74) is 7.92. The van der Waals surface area contributed by atoms with E-state index in [1.54, 1.807) is 6.20 Å². The summed E-state index contributed by atoms with van der Waals surface area (Å²) in [7, 11) is 0. The van der Waals surface area contributed by atoms with Gasteiger partial charge in [0.25, 0.3) is 0 Å². The van der Waals surface area contributed by atoms with Gasteiger partial charge in [0.1, 0.15) is 0 Å². The SMILES string of the molecule is NCc1ccc(Cn2cccn2)cc1.[Cl-]. The summed E-state index contributed by atoms with van der Waals surface area (Å²) in [6.45, 7) is 1.42. The Balaban J connectivity index is 0.00000112. The zero-order chi connectivity index (χ0) is 9.80. The van der Waals surface area contributed by atoms with E-state index in [1.165, 1.54) is 5.56 Å². The van der Waals surface area contributed by atoms with E-state index in [9.17, 15) is 0 Å². The van der Waals surface area contributed by atoms with Crippen molar-refractivity contribution in [3.8, 4) is 0 Å². The summed E-state index contributed by atoms with van der Waals surface area (Å²) >= 11 is 0. The van der Waals surface area contributed by atoms with Crippen LogP contribution in [0.3, 0.4) is 0 Å². The van der Waals surface area contributed by atoms with Crippen LogP contribution in [-0.2, 0) is 13.1 Å². The maximum atomic E-state index is 5.52. The topological polar surface area (TPSA) is 43.8 Å². The van der Waals surface area contributed by atoms with Gasteiger partial charge in [-0.3, -0.25) is 4.68 Å². The third kappa shape index (κ3) is 3.08. The number of benzene rings is 1. The molecule has 0 atom stereocenters. The Kier molecular flexibility index (Phi) is 4.34. The number of halogens is 1. The van der Waals surface area contributed by atoms with Crippen molar-refractivity contribution in [3.05, 3.63) is 53.9 Å². The fourth-order valence-corrected chi connectivity index (χ4v) is 1.36. The Morgan fingerprint density at radius 3 is 2.33 bits per heavy atom. The Morgan fingerprint density at radius 2 is 1.80 bits per heavy atom. The van der Waals surface area contributed by atoms with Gasteiger partial charge < -0.3 is 18.1 Å². The Hall–Kier alpha value is -1.32. The fraction of sp³-hybridized carbons (Fsp3) is 0.182. The molecule has 0 saturated heterocycles. The van der Waals surface area contributed by atoms with Gasteiger partial charge in [-0.2, -0.15) is 5.10 Å². The largest absolute Gasteiger partial charge is 1.00 e. The van der Waals surface area contributed by atoms with Gasteiger partial charge in [0.15, 0.2) is 0 Å². The summed E-state index contributed by atoms with van der Waals surface area (Å²) in [5, 5.41) is 4.15. The smallest absolute Gasteiger partial charge is 0.0659 e. The molecule has 2 aromatic rings. The predicted octanol–water partition coefficient (Wildman–Crippen LogP) is -1.61. The van der Waals surface area contributed by atoms with E-state index >= 15 is 0 Å². The molecular weight excluding hydrogens is 210 g/mol. The molecule has 0 saturated carbocycles. The molecule has 0 aliphatic carbocycles. The van der Waals surface area contributed by atoms with Crippen molar-refractivity contribution in [2.24, 2.45) is 5.73 Å². The van der Waals surface area contributed by atoms with Crippen LogP contribution in [0.15, 0.2) is 42.7 Å². The van der Waals surface area contributed by atoms with Crippen molar-refractivity contribution in [2.75, 3.05) is 0 Å². The van der Waals surface area contributed by atoms with Gasteiger partial charge in [0, 0.05) is 18.9 Å². The lowest BCUT2D eigenvalue weighted by molar-refractivity contribution is -0.00000301. The summed E-state index contributed by atoms with van der Waals surface area (Å²) in [6, 6.07) is 10.2. The standard InChI is InChI=1S/C11H13N3.ClH/c12-8-10-2-4-11(5-3-10)9-14-7-1-6-13-14;/h1-7H,8-9,12H2;1H/p-1. The van der Waals surface area contributed by atoms with Gasteiger partial charge in [0.05, 0.1) is 6.54 Å². The molecule has 0 aliphatic rings. The van der Waals surface area contributed by atoms with Crippen LogP contribution < -0.4 is 18.1 Å². The Morgan fingerprint density at radius 1 is 1.13 bits per heavy atom. The number of nitrogens with zero attached hydrogens (tertiary/aromatic N) is 2. The monoisotopic (exact) mass is 222 g/mol. The molecule has 0 amide bonds. The number of rotatable bonds is 3. The Bertz CT molecular complexity index is 381. The van der Waals surface area contributed by atoms with E-state index in [4.69, 9.17) is 5.73 Å². The van der Waals surface area contributed by atoms with Crippen LogP contribution in [0.5, 0.6) is 0 Å². The molecule has 80 valence electrons. The molecular formula is C11H13ClN3-. The highest BCUT2D eigenvalue weighted by atomic mass is 35.5. The van der Waals surface area contributed by atoms with Crippen LogP contribution in [0.25, 0.3) is 0 Å². The zero-order valence-corrected chi connectivity index (χ0v) is 9.06. The predicted molar refractivity (Wildman–Crippen MR) is 55.7 cm³/mol. The average molecular weight is 223 g/mol. The van der Waals surface area contributed by atoms with Crippen LogP contribution in [0.1, 0.15) is 11.1 Å². The molecule has 2 N–H and O–H groups in total. The molecule has 0 spiro atoms. The van der Waals surface area contributed by atoms with Gasteiger partial charge >= 0.3 is 0 Å². The first-order valence-electron chi connectivity index (χ1n) is 4.64. The van der Waals surface area contributed by atoms with Crippen LogP contribution in [0.4, 0.5) is 0 Å². The maximum absolute atomic E-state index is 5.52. The second-order valence-electron chi connectivity index (χ2n) is 3.22. The van der Waals surface area contributed by atoms with E-state index in [2.05, 4.69) is 29.4 Å². The lowest BCUT2D eigenvalue weighted by atomic mass is 10.1. The molecule has 15 heavy (non-hydrogen) atoms. The molecule has 3 nitrogen and oxygen atoms in total. The highest BCUT2D eigenvalue weighted by molar-refractivity contribution is 5.22. The summed E-state index contributed by atoms with van der Waals surface area (Å²) in [4.78, 5) is 0. The highest BCUT2D eigenvalue weighted by Gasteiger charge is 1.94. The van der Waals surface area contributed by atoms with E-state index in [1.807, 2.05) is 16.9 Å². The lowest BCUT2D eigenvalue weighted by Crippen LogP contribution is -3.00. The third-order valence-corrected chi connectivity index (χ3v) is 2.16. The minimum Gasteiger partial charge on any atom is -1.00 e. The van der Waals surface area contributed by atoms with Crippen molar-refractivity contribution in [2.45, 2.75) is 13.1 Å². The minimum absolute atomic E-state index is 0. The summed E-state index contributed by atoms with van der Waals surface area (Å²) in [5.74, 6) is 0. The molecule has 4 heteroatoms. The van der Waals surface area contributed by atoms with Crippen molar-refractivity contribution in [1.82, 2.24) is 9.78 Å². The van der Waals surface area contributed by atoms with E-state index in [0.29, 0.717) is 6.54 Å². The number of nitrogens with two attached hydrogens (primary N) is 1. The Labute approximate surface area is 95.3 Å². The zero-order valence-electron chi connectivity index (χ0n) is 8.31. The normalized spacial score (nSPS) is 9.67. The lowest BCUT2D eigenvalue weighted by Gasteiger charge is -2.02. The van der Waals surface area contributed by atoms with E-state index in [0.717, 1.165) is 12.1 Å². The molecule has 0 fully saturated rings. The van der Waals surface area contributed by atoms with Crippen LogP contribution in [0.2, 0.25) is 0 Å². The summed E-state index contributed by atoms with van der Waals surface area (Å²) < 4.78 is 1.90. The average Bonchev–Trinajstić information content (AvgIpc) is 2.72. The maximum Gasteiger partial charge on any atom is 0.0659 e. The van der Waals surface area contributed by atoms with E-state index < -0.39 is 0 Å². The van der Waals surface area contributed by atoms with Crippen LogP contribution in [0, 0.1) is 0 Å². The van der Waals surface area contributed by atoms with Gasteiger partial charge in [-0.25, -0.2) is 0 Å². The molecule has 0 radical (unpaired) electrons. The number of hydrogen-bond donors (Lipinski definition) is 1. The first-order valence-corrected chi connectivity index (χ1v) is 4.64. The first kappa shape index (κ1) is 11.8. The third-order valence-electron chi connectivity index (χ3n) is 2.16. The van der Waals surface area contributed by atoms with Gasteiger partial charge in [-0.15, -0.1) is 0 Å². The second-order valence-corrected chi connectivity index (χ2v) is 3.22. The van der Waals surface area contributed by atoms with Crippen LogP contribution in [-0.4, -0.2) is 9.78 Å². The van der Waals surface area contributed by atoms with E-state index in [-0.39, 0.29) is 12.4 Å². The van der Waals surface area contributed by atoms with Gasteiger partial charge in [-0.05, 0) is 17.2 Å². The van der Waals surface area contributed by atoms with Crippen molar-refractivity contribution in [3.63, 3.8) is 0 Å². The van der Waals surface area contributed by atoms with Crippen molar-refractivity contribution < 1.29 is 12.4 Å². The molecule has 0 aliphatic heterocycles. The summed E-state index contributed by atoms with van der Waals surface area (Å²) in [6.07, 6.45) is 3.74. The van der Waals surface area contributed by atoms with Crippen molar-refractivity contribution in [1.29, 1.82) is 0 Å². The number of hydrogen-bond acceptors (Lipinski definition) is 2. The van der Waals surface area contributed by atoms with Crippen molar-refractivity contribution >= 4 is 0 Å². The first-order chi connectivity index (χ1) is 6.88. The van der Waals surface area contributed by atoms with Gasteiger partial charge in [0.2, 0.25) is 0 Å².